The summed E-state index contributed by atoms with van der Waals surface area (Å²) in [7, 11) is 0. The molecule has 4 heteroatoms. The molecule has 0 aliphatic carbocycles. The monoisotopic (exact) mass is 398 g/mol. The molecule has 0 saturated carbocycles. The van der Waals surface area contributed by atoms with Crippen molar-refractivity contribution in [3.8, 4) is 5.69 Å². The summed E-state index contributed by atoms with van der Waals surface area (Å²) < 4.78 is 6.89. The van der Waals surface area contributed by atoms with Gasteiger partial charge in [-0.05, 0) is 48.5 Å². The Morgan fingerprint density at radius 3 is 1.94 bits per heavy atom. The zero-order valence-corrected chi connectivity index (χ0v) is 16.7. The summed E-state index contributed by atoms with van der Waals surface area (Å²) in [4.78, 5) is 5.11. The van der Waals surface area contributed by atoms with Crippen molar-refractivity contribution < 1.29 is 0 Å². The summed E-state index contributed by atoms with van der Waals surface area (Å²) in [6, 6.07) is 38.2. The Bertz CT molecular complexity index is 1670. The molecule has 7 aromatic rings. The van der Waals surface area contributed by atoms with Crippen LogP contribution in [0.15, 0.2) is 109 Å². The van der Waals surface area contributed by atoms with E-state index < -0.39 is 0 Å². The Labute approximate surface area is 177 Å². The van der Waals surface area contributed by atoms with E-state index in [4.69, 9.17) is 4.98 Å². The number of benzene rings is 4. The molecule has 0 amide bonds. The second-order valence-corrected chi connectivity index (χ2v) is 7.79. The zero-order chi connectivity index (χ0) is 20.4. The maximum atomic E-state index is 5.11. The lowest BCUT2D eigenvalue weighted by molar-refractivity contribution is 1.05. The van der Waals surface area contributed by atoms with Crippen LogP contribution in [0.1, 0.15) is 0 Å². The lowest BCUT2D eigenvalue weighted by Gasteiger charge is -2.07. The van der Waals surface area contributed by atoms with Crippen molar-refractivity contribution in [3.63, 3.8) is 0 Å². The number of fused-ring (bicyclic) bond motifs is 9. The minimum atomic E-state index is 0.890. The van der Waals surface area contributed by atoms with Crippen LogP contribution in [-0.4, -0.2) is 18.4 Å². The largest absolute Gasteiger partial charge is 0.293 e. The van der Waals surface area contributed by atoms with Gasteiger partial charge in [0.05, 0.1) is 33.3 Å². The SMILES string of the molecule is c1ccc(-n2c3cc4ccccc4n3c3ccccc3n3c4ccccc4nc23)cc1. The van der Waals surface area contributed by atoms with Crippen molar-refractivity contribution in [2.75, 3.05) is 0 Å². The number of rotatable bonds is 1. The second-order valence-electron chi connectivity index (χ2n) is 7.79. The third-order valence-electron chi connectivity index (χ3n) is 6.04. The Kier molecular flexibility index (Phi) is 3.24. The molecule has 0 unspecified atom stereocenters. The Morgan fingerprint density at radius 2 is 1.13 bits per heavy atom. The quantitative estimate of drug-likeness (QED) is 0.314. The molecule has 0 aliphatic heterocycles. The Hall–Kier alpha value is -4.31. The number of nitrogens with zero attached hydrogens (tertiary/aromatic N) is 4. The molecule has 0 spiro atoms. The first kappa shape index (κ1) is 16.5. The van der Waals surface area contributed by atoms with Gasteiger partial charge in [0.15, 0.2) is 0 Å². The van der Waals surface area contributed by atoms with Gasteiger partial charge in [-0.2, -0.15) is 0 Å². The number of hydrogen-bond donors (Lipinski definition) is 0. The van der Waals surface area contributed by atoms with E-state index in [2.05, 4.69) is 116 Å². The summed E-state index contributed by atoms with van der Waals surface area (Å²) in [5.74, 6) is 0.890. The lowest BCUT2D eigenvalue weighted by atomic mass is 10.2. The fourth-order valence-electron chi connectivity index (χ4n) is 4.73. The van der Waals surface area contributed by atoms with Gasteiger partial charge in [-0.3, -0.25) is 13.4 Å². The van der Waals surface area contributed by atoms with Gasteiger partial charge in [-0.25, -0.2) is 4.98 Å². The van der Waals surface area contributed by atoms with E-state index in [0.717, 1.165) is 39.2 Å². The van der Waals surface area contributed by atoms with Gasteiger partial charge < -0.3 is 0 Å². The van der Waals surface area contributed by atoms with Crippen molar-refractivity contribution in [2.24, 2.45) is 0 Å². The molecule has 146 valence electrons. The fraction of sp³-hybridized carbons (Fsp3) is 0. The highest BCUT2D eigenvalue weighted by atomic mass is 15.2. The van der Waals surface area contributed by atoms with Gasteiger partial charge >= 0.3 is 0 Å². The standard InChI is InChI=1S/C27H18N4/c1-2-11-20(12-3-1)29-26-18-19-10-4-6-14-22(19)30(26)24-16-8-9-17-25(24)31-23-15-7-5-13-21(23)28-27(29)31/h1-18H. The van der Waals surface area contributed by atoms with Gasteiger partial charge in [-0.15, -0.1) is 0 Å². The first-order valence-electron chi connectivity index (χ1n) is 10.4. The van der Waals surface area contributed by atoms with Crippen molar-refractivity contribution in [2.45, 2.75) is 0 Å². The number of para-hydroxylation sites is 6. The molecule has 0 radical (unpaired) electrons. The maximum Gasteiger partial charge on any atom is 0.221 e. The van der Waals surface area contributed by atoms with Crippen LogP contribution in [0.25, 0.3) is 50.1 Å². The maximum absolute atomic E-state index is 5.11. The normalized spacial score (nSPS) is 11.9. The molecule has 4 aromatic carbocycles. The van der Waals surface area contributed by atoms with E-state index in [0.29, 0.717) is 0 Å². The van der Waals surface area contributed by atoms with E-state index in [9.17, 15) is 0 Å². The molecule has 0 saturated heterocycles. The van der Waals surface area contributed by atoms with Crippen LogP contribution in [0, 0.1) is 0 Å². The highest BCUT2D eigenvalue weighted by molar-refractivity contribution is 5.95. The molecule has 0 N–H and O–H groups in total. The highest BCUT2D eigenvalue weighted by Crippen LogP contribution is 2.30. The zero-order valence-electron chi connectivity index (χ0n) is 16.7. The lowest BCUT2D eigenvalue weighted by Crippen LogP contribution is -2.00. The van der Waals surface area contributed by atoms with Crippen molar-refractivity contribution in [1.29, 1.82) is 0 Å². The average molecular weight is 398 g/mol. The minimum Gasteiger partial charge on any atom is -0.293 e. The van der Waals surface area contributed by atoms with E-state index in [-0.39, 0.29) is 0 Å². The Morgan fingerprint density at radius 1 is 0.516 bits per heavy atom. The van der Waals surface area contributed by atoms with Gasteiger partial charge in [0.25, 0.3) is 0 Å². The summed E-state index contributed by atoms with van der Waals surface area (Å²) in [6.07, 6.45) is 0. The summed E-state index contributed by atoms with van der Waals surface area (Å²) >= 11 is 0. The van der Waals surface area contributed by atoms with Crippen LogP contribution >= 0.6 is 0 Å². The van der Waals surface area contributed by atoms with E-state index >= 15 is 0 Å². The molecule has 31 heavy (non-hydrogen) atoms. The highest BCUT2D eigenvalue weighted by Gasteiger charge is 2.16. The van der Waals surface area contributed by atoms with Gasteiger partial charge in [0.2, 0.25) is 5.78 Å². The van der Waals surface area contributed by atoms with Crippen molar-refractivity contribution in [1.82, 2.24) is 18.4 Å². The smallest absolute Gasteiger partial charge is 0.221 e. The van der Waals surface area contributed by atoms with Crippen molar-refractivity contribution in [3.05, 3.63) is 109 Å². The molecular weight excluding hydrogens is 380 g/mol. The van der Waals surface area contributed by atoms with Crippen LogP contribution in [0.2, 0.25) is 0 Å². The van der Waals surface area contributed by atoms with Gasteiger partial charge in [0, 0.05) is 5.39 Å². The molecule has 3 heterocycles. The second kappa shape index (κ2) is 6.09. The minimum absolute atomic E-state index is 0.890. The van der Waals surface area contributed by atoms with Crippen LogP contribution < -0.4 is 0 Å². The van der Waals surface area contributed by atoms with Crippen molar-refractivity contribution >= 4 is 44.4 Å². The topological polar surface area (TPSA) is 26.6 Å². The van der Waals surface area contributed by atoms with E-state index in [1.54, 1.807) is 0 Å². The van der Waals surface area contributed by atoms with Gasteiger partial charge in [0.1, 0.15) is 5.65 Å². The Balaban J connectivity index is 1.91. The molecule has 0 atom stereocenters. The average Bonchev–Trinajstić information content (AvgIpc) is 3.36. The summed E-state index contributed by atoms with van der Waals surface area (Å²) in [6.45, 7) is 0. The number of hydrogen-bond acceptors (Lipinski definition) is 1. The molecule has 0 aliphatic rings. The third-order valence-corrected chi connectivity index (χ3v) is 6.04. The summed E-state index contributed by atoms with van der Waals surface area (Å²) in [5, 5.41) is 1.21. The summed E-state index contributed by atoms with van der Waals surface area (Å²) in [5.41, 5.74) is 7.68. The van der Waals surface area contributed by atoms with Crippen LogP contribution in [0.4, 0.5) is 0 Å². The van der Waals surface area contributed by atoms with Gasteiger partial charge in [-0.1, -0.05) is 60.7 Å². The molecule has 3 aromatic heterocycles. The molecule has 7 rings (SSSR count). The number of imidazole rings is 1. The fourth-order valence-corrected chi connectivity index (χ4v) is 4.73. The third kappa shape index (κ3) is 2.21. The molecule has 4 nitrogen and oxygen atoms in total. The number of aromatic nitrogens is 4. The molecular formula is C27H18N4. The van der Waals surface area contributed by atoms with Crippen LogP contribution in [-0.2, 0) is 0 Å². The molecule has 0 bridgehead atoms. The first-order valence-corrected chi connectivity index (χ1v) is 10.4. The van der Waals surface area contributed by atoms with Crippen LogP contribution in [0.5, 0.6) is 0 Å². The van der Waals surface area contributed by atoms with Crippen LogP contribution in [0.3, 0.4) is 0 Å². The van der Waals surface area contributed by atoms with E-state index in [1.165, 1.54) is 10.9 Å². The van der Waals surface area contributed by atoms with E-state index in [1.807, 2.05) is 6.07 Å². The first-order chi connectivity index (χ1) is 15.4. The predicted octanol–water partition coefficient (Wildman–Crippen LogP) is 6.40. The predicted molar refractivity (Wildman–Crippen MR) is 127 cm³/mol. The molecule has 0 fully saturated rings.